The van der Waals surface area contributed by atoms with Gasteiger partial charge in [0.2, 0.25) is 0 Å². The van der Waals surface area contributed by atoms with Crippen LogP contribution in [-0.2, 0) is 13.6 Å². The molecule has 19 heavy (non-hydrogen) atoms. The molecule has 0 aliphatic rings. The number of rotatable bonds is 5. The van der Waals surface area contributed by atoms with Crippen LogP contribution in [0.4, 0.5) is 5.69 Å². The van der Waals surface area contributed by atoms with Crippen molar-refractivity contribution in [3.8, 4) is 5.75 Å². The van der Waals surface area contributed by atoms with Gasteiger partial charge in [-0.2, -0.15) is 0 Å². The summed E-state index contributed by atoms with van der Waals surface area (Å²) in [4.78, 5) is 0. The van der Waals surface area contributed by atoms with E-state index in [1.54, 1.807) is 0 Å². The second-order valence-corrected chi connectivity index (χ2v) is 5.53. The highest BCUT2D eigenvalue weighted by molar-refractivity contribution is 9.10. The summed E-state index contributed by atoms with van der Waals surface area (Å²) < 4.78 is 8.52. The molecule has 0 saturated heterocycles. The lowest BCUT2D eigenvalue weighted by Gasteiger charge is -2.14. The van der Waals surface area contributed by atoms with Gasteiger partial charge in [0.1, 0.15) is 0 Å². The van der Waals surface area contributed by atoms with E-state index in [1.807, 2.05) is 36.9 Å². The Labute approximate surface area is 126 Å². The van der Waals surface area contributed by atoms with Gasteiger partial charge in [-0.05, 0) is 46.6 Å². The van der Waals surface area contributed by atoms with Crippen molar-refractivity contribution in [3.05, 3.63) is 45.7 Å². The number of aromatic nitrogens is 1. The maximum atomic E-state index is 6.08. The zero-order valence-corrected chi connectivity index (χ0v) is 13.3. The Hall–Kier alpha value is -1.13. The molecule has 1 heterocycles. The highest BCUT2D eigenvalue weighted by Gasteiger charge is 2.10. The van der Waals surface area contributed by atoms with E-state index in [9.17, 15) is 0 Å². The molecule has 1 aromatic carbocycles. The lowest BCUT2D eigenvalue weighted by molar-refractivity contribution is 0.339. The molecule has 0 aliphatic heterocycles. The second-order valence-electron chi connectivity index (χ2n) is 4.24. The first-order chi connectivity index (χ1) is 9.10. The molecule has 0 spiro atoms. The molecule has 0 unspecified atom stereocenters. The molecule has 102 valence electrons. The standard InChI is InChI=1S/C14H16BrClN2O/c1-3-19-14-12(15)6-11(16)7-13(14)17-8-10-4-5-18(2)9-10/h4-7,9,17H,3,8H2,1-2H3. The van der Waals surface area contributed by atoms with Gasteiger partial charge in [0, 0.05) is 31.0 Å². The molecule has 0 radical (unpaired) electrons. The molecule has 5 heteroatoms. The van der Waals surface area contributed by atoms with Crippen molar-refractivity contribution in [3.63, 3.8) is 0 Å². The average molecular weight is 344 g/mol. The maximum Gasteiger partial charge on any atom is 0.156 e. The highest BCUT2D eigenvalue weighted by atomic mass is 79.9. The van der Waals surface area contributed by atoms with Gasteiger partial charge in [0.25, 0.3) is 0 Å². The Morgan fingerprint density at radius 3 is 2.84 bits per heavy atom. The monoisotopic (exact) mass is 342 g/mol. The van der Waals surface area contributed by atoms with Crippen LogP contribution in [0.2, 0.25) is 5.02 Å². The highest BCUT2D eigenvalue weighted by Crippen LogP contribution is 2.36. The minimum absolute atomic E-state index is 0.611. The molecule has 0 bridgehead atoms. The third-order valence-corrected chi connectivity index (χ3v) is 3.48. The summed E-state index contributed by atoms with van der Waals surface area (Å²) in [5, 5.41) is 4.03. The number of hydrogen-bond donors (Lipinski definition) is 1. The fourth-order valence-electron chi connectivity index (χ4n) is 1.85. The van der Waals surface area contributed by atoms with E-state index in [1.165, 1.54) is 5.56 Å². The Morgan fingerprint density at radius 1 is 1.42 bits per heavy atom. The summed E-state index contributed by atoms with van der Waals surface area (Å²) in [6, 6.07) is 5.79. The number of hydrogen-bond acceptors (Lipinski definition) is 2. The molecule has 0 saturated carbocycles. The van der Waals surface area contributed by atoms with Crippen LogP contribution < -0.4 is 10.1 Å². The molecule has 1 N–H and O–H groups in total. The van der Waals surface area contributed by atoms with E-state index in [4.69, 9.17) is 16.3 Å². The van der Waals surface area contributed by atoms with Crippen molar-refractivity contribution >= 4 is 33.2 Å². The number of aryl methyl sites for hydroxylation is 1. The molecule has 0 aliphatic carbocycles. The topological polar surface area (TPSA) is 26.2 Å². The average Bonchev–Trinajstić information content (AvgIpc) is 2.76. The van der Waals surface area contributed by atoms with Crippen LogP contribution in [0.15, 0.2) is 35.1 Å². The molecule has 0 atom stereocenters. The van der Waals surface area contributed by atoms with Crippen LogP contribution in [0.25, 0.3) is 0 Å². The van der Waals surface area contributed by atoms with Gasteiger partial charge in [0.15, 0.2) is 5.75 Å². The van der Waals surface area contributed by atoms with Gasteiger partial charge in [-0.15, -0.1) is 0 Å². The minimum Gasteiger partial charge on any atom is -0.491 e. The van der Waals surface area contributed by atoms with Crippen molar-refractivity contribution in [2.45, 2.75) is 13.5 Å². The van der Waals surface area contributed by atoms with Gasteiger partial charge in [-0.3, -0.25) is 0 Å². The molecule has 0 fully saturated rings. The fourth-order valence-corrected chi connectivity index (χ4v) is 2.77. The van der Waals surface area contributed by atoms with Gasteiger partial charge < -0.3 is 14.6 Å². The third-order valence-electron chi connectivity index (χ3n) is 2.67. The predicted molar refractivity (Wildman–Crippen MR) is 83.1 cm³/mol. The Kier molecular flexibility index (Phi) is 4.77. The van der Waals surface area contributed by atoms with Gasteiger partial charge in [0.05, 0.1) is 16.8 Å². The number of anilines is 1. The molecule has 3 nitrogen and oxygen atoms in total. The summed E-state index contributed by atoms with van der Waals surface area (Å²) >= 11 is 9.55. The smallest absolute Gasteiger partial charge is 0.156 e. The third kappa shape index (κ3) is 3.67. The number of benzene rings is 1. The Morgan fingerprint density at radius 2 is 2.21 bits per heavy atom. The lowest BCUT2D eigenvalue weighted by Crippen LogP contribution is -2.03. The summed E-state index contributed by atoms with van der Waals surface area (Å²) in [6.45, 7) is 3.30. The number of halogens is 2. The Balaban J connectivity index is 2.18. The predicted octanol–water partition coefficient (Wildman–Crippen LogP) is 4.45. The van der Waals surface area contributed by atoms with E-state index in [-0.39, 0.29) is 0 Å². The molecule has 0 amide bonds. The van der Waals surface area contributed by atoms with E-state index >= 15 is 0 Å². The minimum atomic E-state index is 0.611. The maximum absolute atomic E-state index is 6.08. The largest absolute Gasteiger partial charge is 0.491 e. The van der Waals surface area contributed by atoms with Crippen LogP contribution in [-0.4, -0.2) is 11.2 Å². The second kappa shape index (κ2) is 6.35. The van der Waals surface area contributed by atoms with E-state index in [0.29, 0.717) is 11.6 Å². The van der Waals surface area contributed by atoms with Crippen LogP contribution >= 0.6 is 27.5 Å². The number of nitrogens with zero attached hydrogens (tertiary/aromatic N) is 1. The molecule has 1 aromatic heterocycles. The summed E-state index contributed by atoms with van der Waals surface area (Å²) in [5.74, 6) is 0.794. The summed E-state index contributed by atoms with van der Waals surface area (Å²) in [5.41, 5.74) is 2.10. The Bertz CT molecular complexity index is 569. The van der Waals surface area contributed by atoms with Gasteiger partial charge in [-0.25, -0.2) is 0 Å². The van der Waals surface area contributed by atoms with Crippen LogP contribution in [0.3, 0.4) is 0 Å². The van der Waals surface area contributed by atoms with Crippen LogP contribution in [0, 0.1) is 0 Å². The quantitative estimate of drug-likeness (QED) is 0.868. The first-order valence-electron chi connectivity index (χ1n) is 6.06. The number of ether oxygens (including phenoxy) is 1. The van der Waals surface area contributed by atoms with Crippen LogP contribution in [0.5, 0.6) is 5.75 Å². The summed E-state index contributed by atoms with van der Waals surface area (Å²) in [6.07, 6.45) is 4.10. The van der Waals surface area contributed by atoms with Crippen molar-refractivity contribution in [1.29, 1.82) is 0 Å². The van der Waals surface area contributed by atoms with E-state index < -0.39 is 0 Å². The molecule has 2 aromatic rings. The summed E-state index contributed by atoms with van der Waals surface area (Å²) in [7, 11) is 2.01. The van der Waals surface area contributed by atoms with Crippen molar-refractivity contribution in [2.75, 3.05) is 11.9 Å². The molecular formula is C14H16BrClN2O. The normalized spacial score (nSPS) is 10.5. The van der Waals surface area contributed by atoms with E-state index in [0.717, 1.165) is 22.5 Å². The molecular weight excluding hydrogens is 328 g/mol. The van der Waals surface area contributed by atoms with Crippen LogP contribution in [0.1, 0.15) is 12.5 Å². The van der Waals surface area contributed by atoms with E-state index in [2.05, 4.69) is 33.5 Å². The lowest BCUT2D eigenvalue weighted by atomic mass is 10.2. The van der Waals surface area contributed by atoms with Gasteiger partial charge >= 0.3 is 0 Å². The first kappa shape index (κ1) is 14.3. The first-order valence-corrected chi connectivity index (χ1v) is 7.23. The SMILES string of the molecule is CCOc1c(Br)cc(Cl)cc1NCc1ccn(C)c1. The zero-order chi connectivity index (χ0) is 13.8. The van der Waals surface area contributed by atoms with Crippen molar-refractivity contribution in [1.82, 2.24) is 4.57 Å². The fraction of sp³-hybridized carbons (Fsp3) is 0.286. The zero-order valence-electron chi connectivity index (χ0n) is 10.9. The van der Waals surface area contributed by atoms with Gasteiger partial charge in [-0.1, -0.05) is 11.6 Å². The molecule has 2 rings (SSSR count). The number of nitrogens with one attached hydrogen (secondary N) is 1. The van der Waals surface area contributed by atoms with Crippen molar-refractivity contribution < 1.29 is 4.74 Å². The van der Waals surface area contributed by atoms with Crippen molar-refractivity contribution in [2.24, 2.45) is 7.05 Å².